The second-order valence-corrected chi connectivity index (χ2v) is 7.66. The molecule has 1 aliphatic heterocycles. The lowest BCUT2D eigenvalue weighted by molar-refractivity contribution is -0.139. The third-order valence-electron chi connectivity index (χ3n) is 4.07. The van der Waals surface area contributed by atoms with Crippen molar-refractivity contribution in [2.75, 3.05) is 12.3 Å². The number of carbonyl (C=O) groups excluding carboxylic acids is 2. The second kappa shape index (κ2) is 9.06. The van der Waals surface area contributed by atoms with Gasteiger partial charge in [0.1, 0.15) is 6.04 Å². The zero-order valence-electron chi connectivity index (χ0n) is 14.7. The van der Waals surface area contributed by atoms with E-state index in [2.05, 4.69) is 24.1 Å². The van der Waals surface area contributed by atoms with Gasteiger partial charge in [0.2, 0.25) is 11.8 Å². The maximum Gasteiger partial charge on any atom is 0.243 e. The van der Waals surface area contributed by atoms with E-state index in [0.29, 0.717) is 31.1 Å². The van der Waals surface area contributed by atoms with E-state index in [-0.39, 0.29) is 23.2 Å². The molecule has 2 rings (SSSR count). The summed E-state index contributed by atoms with van der Waals surface area (Å²) >= 11 is 1.72. The van der Waals surface area contributed by atoms with Crippen LogP contribution in [-0.4, -0.2) is 45.4 Å². The molecule has 2 amide bonds. The number of carbonyl (C=O) groups is 2. The van der Waals surface area contributed by atoms with E-state index in [1.54, 1.807) is 22.9 Å². The Morgan fingerprint density at radius 1 is 1.42 bits per heavy atom. The summed E-state index contributed by atoms with van der Waals surface area (Å²) in [5, 5.41) is 3.08. The van der Waals surface area contributed by atoms with Gasteiger partial charge in [-0.1, -0.05) is 26.8 Å². The van der Waals surface area contributed by atoms with Gasteiger partial charge < -0.3 is 10.2 Å². The number of aromatic nitrogens is 1. The SMILES string of the molecule is CCC(=O)N1C(CC(C)C)SCC1C(=O)NCCc1ccccn1. The molecule has 1 saturated heterocycles. The van der Waals surface area contributed by atoms with Crippen LogP contribution < -0.4 is 5.32 Å². The van der Waals surface area contributed by atoms with Crippen LogP contribution in [0.2, 0.25) is 0 Å². The number of nitrogens with zero attached hydrogens (tertiary/aromatic N) is 2. The quantitative estimate of drug-likeness (QED) is 0.821. The second-order valence-electron chi connectivity index (χ2n) is 6.45. The molecule has 1 aromatic rings. The molecule has 0 aromatic carbocycles. The van der Waals surface area contributed by atoms with Crippen LogP contribution in [0.4, 0.5) is 0 Å². The fourth-order valence-electron chi connectivity index (χ4n) is 2.84. The highest BCUT2D eigenvalue weighted by atomic mass is 32.2. The molecule has 24 heavy (non-hydrogen) atoms. The Balaban J connectivity index is 1.92. The molecule has 0 spiro atoms. The minimum absolute atomic E-state index is 0.0495. The maximum absolute atomic E-state index is 12.6. The first-order chi connectivity index (χ1) is 11.5. The molecule has 5 nitrogen and oxygen atoms in total. The zero-order valence-corrected chi connectivity index (χ0v) is 15.5. The molecule has 0 bridgehead atoms. The molecule has 0 radical (unpaired) electrons. The van der Waals surface area contributed by atoms with Crippen molar-refractivity contribution < 1.29 is 9.59 Å². The molecule has 2 heterocycles. The Morgan fingerprint density at radius 3 is 2.83 bits per heavy atom. The minimum Gasteiger partial charge on any atom is -0.354 e. The van der Waals surface area contributed by atoms with Gasteiger partial charge in [0.25, 0.3) is 0 Å². The van der Waals surface area contributed by atoms with Crippen LogP contribution >= 0.6 is 11.8 Å². The Hall–Kier alpha value is -1.56. The van der Waals surface area contributed by atoms with Gasteiger partial charge in [-0.3, -0.25) is 14.6 Å². The lowest BCUT2D eigenvalue weighted by atomic mass is 10.1. The van der Waals surface area contributed by atoms with Crippen molar-refractivity contribution in [3.8, 4) is 0 Å². The average Bonchev–Trinajstić information content (AvgIpc) is 2.98. The van der Waals surface area contributed by atoms with Crippen LogP contribution in [0.25, 0.3) is 0 Å². The number of hydrogen-bond acceptors (Lipinski definition) is 4. The van der Waals surface area contributed by atoms with Crippen molar-refractivity contribution in [2.45, 2.75) is 51.4 Å². The highest BCUT2D eigenvalue weighted by Gasteiger charge is 2.40. The fraction of sp³-hybridized carbons (Fsp3) is 0.611. The predicted molar refractivity (Wildman–Crippen MR) is 97.6 cm³/mol. The Bertz CT molecular complexity index is 550. The van der Waals surface area contributed by atoms with Crippen LogP contribution in [0.1, 0.15) is 39.3 Å². The molecule has 0 saturated carbocycles. The molecule has 1 N–H and O–H groups in total. The van der Waals surface area contributed by atoms with Crippen molar-refractivity contribution in [1.82, 2.24) is 15.2 Å². The van der Waals surface area contributed by atoms with Gasteiger partial charge in [-0.25, -0.2) is 0 Å². The van der Waals surface area contributed by atoms with Gasteiger partial charge in [0, 0.05) is 37.0 Å². The number of nitrogens with one attached hydrogen (secondary N) is 1. The number of hydrogen-bond donors (Lipinski definition) is 1. The van der Waals surface area contributed by atoms with Gasteiger partial charge in [-0.05, 0) is 24.5 Å². The van der Waals surface area contributed by atoms with Gasteiger partial charge in [-0.15, -0.1) is 11.8 Å². The van der Waals surface area contributed by atoms with Crippen molar-refractivity contribution in [3.05, 3.63) is 30.1 Å². The third kappa shape index (κ3) is 4.97. The fourth-order valence-corrected chi connectivity index (χ4v) is 4.51. The van der Waals surface area contributed by atoms with Crippen molar-refractivity contribution in [3.63, 3.8) is 0 Å². The van der Waals surface area contributed by atoms with Crippen molar-refractivity contribution >= 4 is 23.6 Å². The standard InChI is InChI=1S/C18H27N3O2S/c1-4-16(22)21-15(12-24-17(21)11-13(2)3)18(23)20-10-8-14-7-5-6-9-19-14/h5-7,9,13,15,17H,4,8,10-12H2,1-3H3,(H,20,23). The topological polar surface area (TPSA) is 62.3 Å². The molecule has 1 aliphatic rings. The zero-order chi connectivity index (χ0) is 17.5. The predicted octanol–water partition coefficient (Wildman–Crippen LogP) is 2.47. The average molecular weight is 350 g/mol. The van der Waals surface area contributed by atoms with Gasteiger partial charge in [-0.2, -0.15) is 0 Å². The molecule has 6 heteroatoms. The molecule has 2 atom stereocenters. The summed E-state index contributed by atoms with van der Waals surface area (Å²) in [5.41, 5.74) is 0.956. The number of rotatable bonds is 7. The summed E-state index contributed by atoms with van der Waals surface area (Å²) in [6, 6.07) is 5.41. The van der Waals surface area contributed by atoms with E-state index in [1.165, 1.54) is 0 Å². The third-order valence-corrected chi connectivity index (χ3v) is 5.38. The minimum atomic E-state index is -0.352. The molecule has 132 valence electrons. The Kier molecular flexibility index (Phi) is 7.09. The van der Waals surface area contributed by atoms with E-state index >= 15 is 0 Å². The van der Waals surface area contributed by atoms with Crippen molar-refractivity contribution in [1.29, 1.82) is 0 Å². The highest BCUT2D eigenvalue weighted by molar-refractivity contribution is 8.00. The smallest absolute Gasteiger partial charge is 0.243 e. The van der Waals surface area contributed by atoms with E-state index in [9.17, 15) is 9.59 Å². The summed E-state index contributed by atoms with van der Waals surface area (Å²) in [6.45, 7) is 6.69. The van der Waals surface area contributed by atoms with Gasteiger partial charge >= 0.3 is 0 Å². The Labute approximate surface area is 148 Å². The molecule has 1 fully saturated rings. The van der Waals surface area contributed by atoms with Crippen LogP contribution in [0.15, 0.2) is 24.4 Å². The normalized spacial score (nSPS) is 20.4. The maximum atomic E-state index is 12.6. The van der Waals surface area contributed by atoms with Crippen LogP contribution in [0, 0.1) is 5.92 Å². The summed E-state index contributed by atoms with van der Waals surface area (Å²) in [7, 11) is 0. The number of pyridine rings is 1. The summed E-state index contributed by atoms with van der Waals surface area (Å²) < 4.78 is 0. The largest absolute Gasteiger partial charge is 0.354 e. The first-order valence-corrected chi connectivity index (χ1v) is 9.68. The lowest BCUT2D eigenvalue weighted by Gasteiger charge is -2.29. The highest BCUT2D eigenvalue weighted by Crippen LogP contribution is 2.33. The van der Waals surface area contributed by atoms with Crippen LogP contribution in [-0.2, 0) is 16.0 Å². The summed E-state index contributed by atoms with van der Waals surface area (Å²) in [6.07, 6.45) is 3.81. The van der Waals surface area contributed by atoms with E-state index in [1.807, 2.05) is 25.1 Å². The lowest BCUT2D eigenvalue weighted by Crippen LogP contribution is -2.50. The molecular formula is C18H27N3O2S. The van der Waals surface area contributed by atoms with Gasteiger partial charge in [0.05, 0.1) is 5.37 Å². The van der Waals surface area contributed by atoms with E-state index in [4.69, 9.17) is 0 Å². The van der Waals surface area contributed by atoms with Gasteiger partial charge in [0.15, 0.2) is 0 Å². The molecule has 0 aliphatic carbocycles. The van der Waals surface area contributed by atoms with E-state index < -0.39 is 0 Å². The Morgan fingerprint density at radius 2 is 2.21 bits per heavy atom. The first kappa shape index (κ1) is 18.8. The summed E-state index contributed by atoms with van der Waals surface area (Å²) in [4.78, 5) is 31.0. The van der Waals surface area contributed by atoms with Crippen LogP contribution in [0.5, 0.6) is 0 Å². The molecule has 2 unspecified atom stereocenters. The summed E-state index contributed by atoms with van der Waals surface area (Å²) in [5.74, 6) is 1.20. The number of thioether (sulfide) groups is 1. The first-order valence-electron chi connectivity index (χ1n) is 8.63. The monoisotopic (exact) mass is 349 g/mol. The van der Waals surface area contributed by atoms with Crippen LogP contribution in [0.3, 0.4) is 0 Å². The van der Waals surface area contributed by atoms with E-state index in [0.717, 1.165) is 12.1 Å². The molecular weight excluding hydrogens is 322 g/mol. The van der Waals surface area contributed by atoms with Crippen molar-refractivity contribution in [2.24, 2.45) is 5.92 Å². The number of amides is 2. The molecule has 1 aromatic heterocycles.